The number of rotatable bonds is 6. The van der Waals surface area contributed by atoms with Crippen LogP contribution in [-0.4, -0.2) is 50.1 Å². The molecule has 1 aliphatic rings. The third-order valence-corrected chi connectivity index (χ3v) is 4.42. The van der Waals surface area contributed by atoms with Crippen LogP contribution in [0.1, 0.15) is 31.7 Å². The van der Waals surface area contributed by atoms with Crippen molar-refractivity contribution in [3.8, 4) is 0 Å². The lowest BCUT2D eigenvalue weighted by Gasteiger charge is -2.32. The van der Waals surface area contributed by atoms with Crippen molar-refractivity contribution in [3.63, 3.8) is 0 Å². The minimum atomic E-state index is -0.497. The molecule has 134 valence electrons. The molecule has 0 spiro atoms. The van der Waals surface area contributed by atoms with Gasteiger partial charge in [-0.3, -0.25) is 4.99 Å². The van der Waals surface area contributed by atoms with E-state index in [4.69, 9.17) is 0 Å². The van der Waals surface area contributed by atoms with Crippen molar-refractivity contribution in [1.82, 2.24) is 15.5 Å². The third kappa shape index (κ3) is 5.44. The number of piperidine rings is 1. The van der Waals surface area contributed by atoms with E-state index in [2.05, 4.69) is 27.4 Å². The first-order chi connectivity index (χ1) is 11.6. The van der Waals surface area contributed by atoms with Gasteiger partial charge in [-0.05, 0) is 44.4 Å². The highest BCUT2D eigenvalue weighted by Crippen LogP contribution is 2.12. The first-order valence-corrected chi connectivity index (χ1v) is 8.76. The number of nitrogens with one attached hydrogen (secondary N) is 2. The van der Waals surface area contributed by atoms with Gasteiger partial charge in [-0.15, -0.1) is 0 Å². The minimum Gasteiger partial charge on any atom is -0.356 e. The monoisotopic (exact) mass is 338 g/mol. The average molecular weight is 338 g/mol. The van der Waals surface area contributed by atoms with E-state index in [-0.39, 0.29) is 12.0 Å². The van der Waals surface area contributed by atoms with Crippen molar-refractivity contribution in [2.75, 3.05) is 33.2 Å². The number of benzene rings is 1. The van der Waals surface area contributed by atoms with Gasteiger partial charge in [-0.25, -0.2) is 8.78 Å². The van der Waals surface area contributed by atoms with Gasteiger partial charge in [0.25, 0.3) is 0 Å². The lowest BCUT2D eigenvalue weighted by molar-refractivity contribution is 0.206. The summed E-state index contributed by atoms with van der Waals surface area (Å²) in [5.74, 6) is -0.299. The maximum absolute atomic E-state index is 13.6. The summed E-state index contributed by atoms with van der Waals surface area (Å²) in [5.41, 5.74) is 0.119. The molecule has 6 heteroatoms. The van der Waals surface area contributed by atoms with Crippen LogP contribution in [0, 0.1) is 11.6 Å². The molecule has 24 heavy (non-hydrogen) atoms. The van der Waals surface area contributed by atoms with Crippen LogP contribution in [0.5, 0.6) is 0 Å². The number of guanidine groups is 1. The molecule has 0 unspecified atom stereocenters. The standard InChI is InChI=1S/C18H28F2N4/c1-3-11-24-12-8-14(9-13-24)23-18(21-2)22-10-7-15-16(19)5-4-6-17(15)20/h4-6,14H,3,7-13H2,1-2H3,(H2,21,22,23). The Bertz CT molecular complexity index is 520. The number of nitrogens with zero attached hydrogens (tertiary/aromatic N) is 2. The maximum atomic E-state index is 13.6. The highest BCUT2D eigenvalue weighted by atomic mass is 19.1. The Morgan fingerprint density at radius 2 is 1.92 bits per heavy atom. The summed E-state index contributed by atoms with van der Waals surface area (Å²) in [6.07, 6.45) is 3.65. The first-order valence-electron chi connectivity index (χ1n) is 8.76. The Morgan fingerprint density at radius 3 is 2.50 bits per heavy atom. The van der Waals surface area contributed by atoms with Gasteiger partial charge in [0.15, 0.2) is 5.96 Å². The second-order valence-electron chi connectivity index (χ2n) is 6.21. The molecular weight excluding hydrogens is 310 g/mol. The van der Waals surface area contributed by atoms with Gasteiger partial charge in [-0.1, -0.05) is 13.0 Å². The molecule has 0 saturated carbocycles. The summed E-state index contributed by atoms with van der Waals surface area (Å²) in [6.45, 7) is 6.00. The molecule has 1 aromatic rings. The van der Waals surface area contributed by atoms with Crippen LogP contribution in [0.4, 0.5) is 8.78 Å². The normalized spacial score (nSPS) is 17.1. The highest BCUT2D eigenvalue weighted by Gasteiger charge is 2.19. The zero-order valence-electron chi connectivity index (χ0n) is 14.6. The van der Waals surface area contributed by atoms with Crippen LogP contribution < -0.4 is 10.6 Å². The van der Waals surface area contributed by atoms with Crippen LogP contribution >= 0.6 is 0 Å². The van der Waals surface area contributed by atoms with Crippen LogP contribution in [0.25, 0.3) is 0 Å². The summed E-state index contributed by atoms with van der Waals surface area (Å²) in [5, 5.41) is 6.56. The van der Waals surface area contributed by atoms with Crippen molar-refractivity contribution < 1.29 is 8.78 Å². The van der Waals surface area contributed by atoms with E-state index in [1.54, 1.807) is 7.05 Å². The molecule has 0 bridgehead atoms. The summed E-state index contributed by atoms with van der Waals surface area (Å²) in [4.78, 5) is 6.69. The van der Waals surface area contributed by atoms with E-state index >= 15 is 0 Å². The van der Waals surface area contributed by atoms with Crippen molar-refractivity contribution >= 4 is 5.96 Å². The van der Waals surface area contributed by atoms with Gasteiger partial charge in [0, 0.05) is 38.3 Å². The predicted molar refractivity (Wildman–Crippen MR) is 94.3 cm³/mol. The average Bonchev–Trinajstić information content (AvgIpc) is 2.58. The molecule has 1 aliphatic heterocycles. The smallest absolute Gasteiger partial charge is 0.191 e. The largest absolute Gasteiger partial charge is 0.356 e. The molecule has 0 amide bonds. The molecule has 0 radical (unpaired) electrons. The van der Waals surface area contributed by atoms with Crippen LogP contribution in [0.3, 0.4) is 0 Å². The number of hydrogen-bond donors (Lipinski definition) is 2. The molecule has 1 heterocycles. The lowest BCUT2D eigenvalue weighted by Crippen LogP contribution is -2.49. The topological polar surface area (TPSA) is 39.7 Å². The number of hydrogen-bond acceptors (Lipinski definition) is 2. The molecule has 2 rings (SSSR count). The number of halogens is 2. The molecule has 1 saturated heterocycles. The van der Waals surface area contributed by atoms with E-state index in [1.807, 2.05) is 0 Å². The lowest BCUT2D eigenvalue weighted by atomic mass is 10.1. The van der Waals surface area contributed by atoms with E-state index in [1.165, 1.54) is 24.6 Å². The SMILES string of the molecule is CCCN1CCC(NC(=NC)NCCc2c(F)cccc2F)CC1. The fourth-order valence-electron chi connectivity index (χ4n) is 3.08. The fraction of sp³-hybridized carbons (Fsp3) is 0.611. The Morgan fingerprint density at radius 1 is 1.25 bits per heavy atom. The Balaban J connectivity index is 1.75. The van der Waals surface area contributed by atoms with Gasteiger partial charge in [-0.2, -0.15) is 0 Å². The van der Waals surface area contributed by atoms with E-state index < -0.39 is 11.6 Å². The molecule has 4 nitrogen and oxygen atoms in total. The van der Waals surface area contributed by atoms with E-state index in [0.717, 1.165) is 32.5 Å². The maximum Gasteiger partial charge on any atom is 0.191 e. The summed E-state index contributed by atoms with van der Waals surface area (Å²) in [7, 11) is 1.71. The predicted octanol–water partition coefficient (Wildman–Crippen LogP) is 2.55. The first kappa shape index (κ1) is 18.6. The summed E-state index contributed by atoms with van der Waals surface area (Å²) < 4.78 is 27.2. The minimum absolute atomic E-state index is 0.119. The van der Waals surface area contributed by atoms with Gasteiger partial charge >= 0.3 is 0 Å². The molecule has 0 aliphatic carbocycles. The summed E-state index contributed by atoms with van der Waals surface area (Å²) in [6, 6.07) is 4.35. The zero-order chi connectivity index (χ0) is 17.4. The Labute approximate surface area is 143 Å². The highest BCUT2D eigenvalue weighted by molar-refractivity contribution is 5.79. The van der Waals surface area contributed by atoms with Gasteiger partial charge < -0.3 is 15.5 Å². The molecule has 1 aromatic carbocycles. The van der Waals surface area contributed by atoms with E-state index in [9.17, 15) is 8.78 Å². The van der Waals surface area contributed by atoms with Crippen LogP contribution in [0.15, 0.2) is 23.2 Å². The van der Waals surface area contributed by atoms with Crippen molar-refractivity contribution in [3.05, 3.63) is 35.4 Å². The van der Waals surface area contributed by atoms with Crippen LogP contribution in [0.2, 0.25) is 0 Å². The zero-order valence-corrected chi connectivity index (χ0v) is 14.6. The molecule has 1 fully saturated rings. The van der Waals surface area contributed by atoms with Gasteiger partial charge in [0.05, 0.1) is 0 Å². The molecule has 0 atom stereocenters. The van der Waals surface area contributed by atoms with Crippen molar-refractivity contribution in [1.29, 1.82) is 0 Å². The Kier molecular flexibility index (Phi) is 7.43. The number of aliphatic imine (C=N–C) groups is 1. The van der Waals surface area contributed by atoms with Gasteiger partial charge in [0.2, 0.25) is 0 Å². The van der Waals surface area contributed by atoms with Crippen molar-refractivity contribution in [2.24, 2.45) is 4.99 Å². The van der Waals surface area contributed by atoms with Crippen molar-refractivity contribution in [2.45, 2.75) is 38.6 Å². The Hall–Kier alpha value is -1.69. The molecular formula is C18H28F2N4. The molecule has 0 aromatic heterocycles. The quantitative estimate of drug-likeness (QED) is 0.619. The van der Waals surface area contributed by atoms with E-state index in [0.29, 0.717) is 18.5 Å². The fourth-order valence-corrected chi connectivity index (χ4v) is 3.08. The number of likely N-dealkylation sites (tertiary alicyclic amines) is 1. The second kappa shape index (κ2) is 9.57. The molecule has 2 N–H and O–H groups in total. The third-order valence-electron chi connectivity index (χ3n) is 4.42. The van der Waals surface area contributed by atoms with Gasteiger partial charge in [0.1, 0.15) is 11.6 Å². The summed E-state index contributed by atoms with van der Waals surface area (Å²) >= 11 is 0. The van der Waals surface area contributed by atoms with Crippen LogP contribution in [-0.2, 0) is 6.42 Å². The second-order valence-corrected chi connectivity index (χ2v) is 6.21.